The van der Waals surface area contributed by atoms with Crippen molar-refractivity contribution in [3.8, 4) is 5.75 Å². The summed E-state index contributed by atoms with van der Waals surface area (Å²) < 4.78 is 5.34. The van der Waals surface area contributed by atoms with Crippen LogP contribution in [0.15, 0.2) is 48.5 Å². The van der Waals surface area contributed by atoms with E-state index in [-0.39, 0.29) is 17.5 Å². The van der Waals surface area contributed by atoms with Gasteiger partial charge in [0.05, 0.1) is 11.5 Å². The van der Waals surface area contributed by atoms with Crippen LogP contribution in [0.25, 0.3) is 0 Å². The minimum absolute atomic E-state index is 0.0205. The maximum absolute atomic E-state index is 11.0. The van der Waals surface area contributed by atoms with E-state index < -0.39 is 4.92 Å². The third kappa shape index (κ3) is 4.88. The summed E-state index contributed by atoms with van der Waals surface area (Å²) in [6.07, 6.45) is 0. The fraction of sp³-hybridized carbons (Fsp3) is 0.294. The van der Waals surface area contributed by atoms with Crippen molar-refractivity contribution in [2.75, 3.05) is 23.8 Å². The molecular weight excluding hydrogens is 294 g/mol. The molecule has 0 aromatic heterocycles. The van der Waals surface area contributed by atoms with Gasteiger partial charge >= 0.3 is 5.69 Å². The van der Waals surface area contributed by atoms with Gasteiger partial charge in [-0.1, -0.05) is 18.2 Å². The zero-order valence-electron chi connectivity index (χ0n) is 13.3. The molecule has 0 saturated heterocycles. The molecule has 2 N–H and O–H groups in total. The smallest absolute Gasteiger partial charge is 0.311 e. The van der Waals surface area contributed by atoms with E-state index in [1.165, 1.54) is 6.07 Å². The van der Waals surface area contributed by atoms with Crippen LogP contribution in [0.3, 0.4) is 0 Å². The highest BCUT2D eigenvalue weighted by atomic mass is 16.6. The normalized spacial score (nSPS) is 11.6. The van der Waals surface area contributed by atoms with E-state index in [1.807, 2.05) is 30.3 Å². The van der Waals surface area contributed by atoms with Gasteiger partial charge in [-0.05, 0) is 32.0 Å². The highest BCUT2D eigenvalue weighted by molar-refractivity contribution is 5.58. The number of hydrogen-bond donors (Lipinski definition) is 2. The third-order valence-corrected chi connectivity index (χ3v) is 3.26. The highest BCUT2D eigenvalue weighted by Gasteiger charge is 2.15. The Morgan fingerprint density at radius 2 is 1.91 bits per heavy atom. The van der Waals surface area contributed by atoms with E-state index in [0.717, 1.165) is 11.4 Å². The van der Waals surface area contributed by atoms with Gasteiger partial charge in [-0.2, -0.15) is 0 Å². The average Bonchev–Trinajstić information content (AvgIpc) is 2.54. The molecule has 0 amide bonds. The molecule has 6 nitrogen and oxygen atoms in total. The lowest BCUT2D eigenvalue weighted by molar-refractivity contribution is -0.385. The Bertz CT molecular complexity index is 647. The van der Waals surface area contributed by atoms with Gasteiger partial charge in [0.15, 0.2) is 5.75 Å². The molecule has 2 aromatic carbocycles. The largest absolute Gasteiger partial charge is 0.487 e. The third-order valence-electron chi connectivity index (χ3n) is 3.26. The van der Waals surface area contributed by atoms with E-state index in [4.69, 9.17) is 4.74 Å². The minimum Gasteiger partial charge on any atom is -0.487 e. The first-order valence-electron chi connectivity index (χ1n) is 7.57. The molecule has 0 aliphatic heterocycles. The monoisotopic (exact) mass is 315 g/mol. The standard InChI is InChI=1S/C17H21N3O3/c1-3-23-17-11-15(9-10-16(17)20(21)22)18-12-13(2)19-14-7-5-4-6-8-14/h4-11,13,18-19H,3,12H2,1-2H3. The molecule has 2 aromatic rings. The summed E-state index contributed by atoms with van der Waals surface area (Å²) in [7, 11) is 0. The second kappa shape index (κ2) is 8.03. The second-order valence-corrected chi connectivity index (χ2v) is 5.16. The van der Waals surface area contributed by atoms with E-state index in [0.29, 0.717) is 13.2 Å². The van der Waals surface area contributed by atoms with Gasteiger partial charge in [0.1, 0.15) is 0 Å². The summed E-state index contributed by atoms with van der Waals surface area (Å²) >= 11 is 0. The van der Waals surface area contributed by atoms with Crippen LogP contribution in [0.5, 0.6) is 5.75 Å². The van der Waals surface area contributed by atoms with Crippen molar-refractivity contribution in [3.63, 3.8) is 0 Å². The Morgan fingerprint density at radius 1 is 1.17 bits per heavy atom. The van der Waals surface area contributed by atoms with Crippen LogP contribution < -0.4 is 15.4 Å². The number of nitrogens with one attached hydrogen (secondary N) is 2. The van der Waals surface area contributed by atoms with E-state index >= 15 is 0 Å². The molecule has 6 heteroatoms. The fourth-order valence-electron chi connectivity index (χ4n) is 2.19. The zero-order chi connectivity index (χ0) is 16.7. The Labute approximate surface area is 135 Å². The van der Waals surface area contributed by atoms with Crippen LogP contribution in [0.2, 0.25) is 0 Å². The topological polar surface area (TPSA) is 76.4 Å². The molecule has 1 atom stereocenters. The number of nitrogens with zero attached hydrogens (tertiary/aromatic N) is 1. The first kappa shape index (κ1) is 16.6. The molecule has 0 heterocycles. The quantitative estimate of drug-likeness (QED) is 0.570. The maximum Gasteiger partial charge on any atom is 0.311 e. The summed E-state index contributed by atoms with van der Waals surface area (Å²) in [6, 6.07) is 15.0. The fourth-order valence-corrected chi connectivity index (χ4v) is 2.19. The first-order chi connectivity index (χ1) is 11.1. The van der Waals surface area contributed by atoms with Crippen LogP contribution in [0.4, 0.5) is 17.1 Å². The van der Waals surface area contributed by atoms with Crippen molar-refractivity contribution in [3.05, 3.63) is 58.6 Å². The lowest BCUT2D eigenvalue weighted by atomic mass is 10.2. The van der Waals surface area contributed by atoms with Crippen LogP contribution in [-0.2, 0) is 0 Å². The molecule has 2 rings (SSSR count). The van der Waals surface area contributed by atoms with Gasteiger partial charge in [0.25, 0.3) is 0 Å². The van der Waals surface area contributed by atoms with Gasteiger partial charge < -0.3 is 15.4 Å². The predicted octanol–water partition coefficient (Wildman–Crippen LogP) is 3.91. The molecule has 0 aliphatic carbocycles. The van der Waals surface area contributed by atoms with E-state index in [2.05, 4.69) is 17.6 Å². The van der Waals surface area contributed by atoms with E-state index in [1.54, 1.807) is 19.1 Å². The maximum atomic E-state index is 11.0. The molecule has 0 fully saturated rings. The summed E-state index contributed by atoms with van der Waals surface area (Å²) in [6.45, 7) is 4.93. The zero-order valence-corrected chi connectivity index (χ0v) is 13.3. The van der Waals surface area contributed by atoms with Crippen molar-refractivity contribution >= 4 is 17.1 Å². The average molecular weight is 315 g/mol. The van der Waals surface area contributed by atoms with Crippen LogP contribution in [0, 0.1) is 10.1 Å². The highest BCUT2D eigenvalue weighted by Crippen LogP contribution is 2.30. The molecule has 0 radical (unpaired) electrons. The first-order valence-corrected chi connectivity index (χ1v) is 7.57. The van der Waals surface area contributed by atoms with E-state index in [9.17, 15) is 10.1 Å². The second-order valence-electron chi connectivity index (χ2n) is 5.16. The van der Waals surface area contributed by atoms with Crippen LogP contribution in [0.1, 0.15) is 13.8 Å². The molecule has 0 saturated carbocycles. The molecule has 1 unspecified atom stereocenters. The summed E-state index contributed by atoms with van der Waals surface area (Å²) in [5.74, 6) is 0.283. The Balaban J connectivity index is 1.97. The molecular formula is C17H21N3O3. The summed E-state index contributed by atoms with van der Waals surface area (Å²) in [5.41, 5.74) is 1.83. The van der Waals surface area contributed by atoms with Crippen molar-refractivity contribution in [2.24, 2.45) is 0 Å². The van der Waals surface area contributed by atoms with Gasteiger partial charge in [-0.25, -0.2) is 0 Å². The number of para-hydroxylation sites is 1. The number of nitro benzene ring substituents is 1. The Kier molecular flexibility index (Phi) is 5.80. The molecule has 0 bridgehead atoms. The number of hydrogen-bond acceptors (Lipinski definition) is 5. The van der Waals surface area contributed by atoms with Gasteiger partial charge in [0, 0.05) is 36.1 Å². The van der Waals surface area contributed by atoms with Gasteiger partial charge in [-0.15, -0.1) is 0 Å². The van der Waals surface area contributed by atoms with Crippen molar-refractivity contribution in [1.29, 1.82) is 0 Å². The number of nitro groups is 1. The Hall–Kier alpha value is -2.76. The summed E-state index contributed by atoms with van der Waals surface area (Å²) in [4.78, 5) is 10.5. The minimum atomic E-state index is -0.436. The Morgan fingerprint density at radius 3 is 2.57 bits per heavy atom. The van der Waals surface area contributed by atoms with Gasteiger partial charge in [-0.3, -0.25) is 10.1 Å². The number of ether oxygens (including phenoxy) is 1. The number of anilines is 2. The van der Waals surface area contributed by atoms with Crippen molar-refractivity contribution in [2.45, 2.75) is 19.9 Å². The molecule has 122 valence electrons. The molecule has 0 spiro atoms. The number of rotatable bonds is 8. The predicted molar refractivity (Wildman–Crippen MR) is 92.3 cm³/mol. The lowest BCUT2D eigenvalue weighted by Gasteiger charge is -2.17. The molecule has 0 aliphatic rings. The van der Waals surface area contributed by atoms with Crippen molar-refractivity contribution < 1.29 is 9.66 Å². The summed E-state index contributed by atoms with van der Waals surface area (Å²) in [5, 5.41) is 17.6. The molecule has 23 heavy (non-hydrogen) atoms. The van der Waals surface area contributed by atoms with Crippen LogP contribution >= 0.6 is 0 Å². The van der Waals surface area contributed by atoms with Gasteiger partial charge in [0.2, 0.25) is 0 Å². The SMILES string of the molecule is CCOc1cc(NCC(C)Nc2ccccc2)ccc1[N+](=O)[O-]. The van der Waals surface area contributed by atoms with Crippen LogP contribution in [-0.4, -0.2) is 24.1 Å². The van der Waals surface area contributed by atoms with Crippen molar-refractivity contribution in [1.82, 2.24) is 0 Å². The number of benzene rings is 2. The lowest BCUT2D eigenvalue weighted by Crippen LogP contribution is -2.24.